The number of H-pyrrole nitrogens is 1. The first kappa shape index (κ1) is 38.5. The third-order valence-electron chi connectivity index (χ3n) is 12.7. The summed E-state index contributed by atoms with van der Waals surface area (Å²) in [6.07, 6.45) is 0. The number of nitrogens with one attached hydrogen (secondary N) is 1. The van der Waals surface area contributed by atoms with Crippen LogP contribution in [0.5, 0.6) is 0 Å². The minimum atomic E-state index is -0.121. The van der Waals surface area contributed by atoms with E-state index < -0.39 is 0 Å². The topological polar surface area (TPSA) is 54.5 Å². The average molecular weight is 813 g/mol. The van der Waals surface area contributed by atoms with Crippen molar-refractivity contribution in [2.24, 2.45) is 0 Å². The summed E-state index contributed by atoms with van der Waals surface area (Å²) in [7, 11) is 0. The molecule has 8 bridgehead atoms. The van der Waals surface area contributed by atoms with Gasteiger partial charge in [-0.1, -0.05) is 157 Å². The Labute approximate surface area is 369 Å². The van der Waals surface area contributed by atoms with Crippen molar-refractivity contribution < 1.29 is 0 Å². The van der Waals surface area contributed by atoms with E-state index in [4.69, 9.17) is 15.0 Å². The number of rotatable bonds is 4. The third kappa shape index (κ3) is 7.02. The minimum absolute atomic E-state index is 0.121. The van der Waals surface area contributed by atoms with Gasteiger partial charge in [-0.3, -0.25) is 0 Å². The number of aromatic nitrogens is 4. The molecule has 0 amide bonds. The number of nitrogens with zero attached hydrogens (tertiary/aromatic N) is 3. The van der Waals surface area contributed by atoms with Gasteiger partial charge in [0.15, 0.2) is 0 Å². The zero-order valence-electron chi connectivity index (χ0n) is 36.6. The molecule has 10 aromatic rings. The van der Waals surface area contributed by atoms with Crippen LogP contribution in [0.4, 0.5) is 0 Å². The van der Waals surface area contributed by atoms with E-state index in [0.717, 1.165) is 78.6 Å². The third-order valence-corrected chi connectivity index (χ3v) is 12.7. The Morgan fingerprint density at radius 1 is 0.302 bits per heavy atom. The number of hydrogen-bond acceptors (Lipinski definition) is 3. The maximum atomic E-state index is 5.51. The van der Waals surface area contributed by atoms with Crippen molar-refractivity contribution in [2.45, 2.75) is 52.4 Å². The molecule has 0 saturated carbocycles. The van der Waals surface area contributed by atoms with Crippen molar-refractivity contribution in [3.63, 3.8) is 0 Å². The summed E-state index contributed by atoms with van der Waals surface area (Å²) in [6, 6.07) is 63.4. The molecule has 4 aromatic heterocycles. The highest BCUT2D eigenvalue weighted by Gasteiger charge is 2.25. The fourth-order valence-electron chi connectivity index (χ4n) is 9.00. The van der Waals surface area contributed by atoms with Crippen molar-refractivity contribution in [2.75, 3.05) is 0 Å². The van der Waals surface area contributed by atoms with E-state index in [2.05, 4.69) is 222 Å². The van der Waals surface area contributed by atoms with Gasteiger partial charge >= 0.3 is 0 Å². The van der Waals surface area contributed by atoms with Gasteiger partial charge in [-0.2, -0.15) is 0 Å². The van der Waals surface area contributed by atoms with Gasteiger partial charge in [0, 0.05) is 21.9 Å². The van der Waals surface area contributed by atoms with Crippen molar-refractivity contribution in [3.8, 4) is 89.8 Å². The van der Waals surface area contributed by atoms with Crippen LogP contribution in [0.3, 0.4) is 0 Å². The van der Waals surface area contributed by atoms with E-state index in [1.807, 2.05) is 0 Å². The number of hydrogen-bond donors (Lipinski definition) is 1. The standard InChI is InChI=1S/C59H48N4/c1-58(2,3)44-32-46-47-33-45(59(4,5)6)35-49-53-29-43(41-26-22-39(23-27-41)37-16-11-8-12-17-37)31-55(62-53)51-19-13-18-50(60-51)54-30-42(28-52(61-54)48(34-44)56(46)63-57(47)49)40-24-20-38(21-25-40)36-14-9-7-10-15-36/h7-35,63H,1-6H3. The van der Waals surface area contributed by atoms with Crippen LogP contribution in [0.2, 0.25) is 0 Å². The van der Waals surface area contributed by atoms with Crippen molar-refractivity contribution in [1.29, 1.82) is 0 Å². The maximum absolute atomic E-state index is 5.51. The van der Waals surface area contributed by atoms with Gasteiger partial charge in [-0.25, -0.2) is 15.0 Å². The zero-order chi connectivity index (χ0) is 43.0. The summed E-state index contributed by atoms with van der Waals surface area (Å²) < 4.78 is 0. The van der Waals surface area contributed by atoms with Crippen molar-refractivity contribution in [3.05, 3.63) is 187 Å². The van der Waals surface area contributed by atoms with Gasteiger partial charge in [0.05, 0.1) is 45.2 Å². The van der Waals surface area contributed by atoms with E-state index in [-0.39, 0.29) is 10.8 Å². The van der Waals surface area contributed by atoms with Crippen LogP contribution < -0.4 is 0 Å². The van der Waals surface area contributed by atoms with Crippen LogP contribution in [-0.4, -0.2) is 19.9 Å². The second kappa shape index (κ2) is 14.6. The SMILES string of the molecule is CC(C)(C)c1cc2c3[nH]c4c(cc(C(C)(C)C)cc4c3c1)-c1cc(-c3ccc(-c4ccccc4)cc3)cc(n1)-c1cccc(n1)-c1cc(-c3ccc(-c4ccccc4)cc3)cc-2n1. The predicted octanol–water partition coefficient (Wildman–Crippen LogP) is 15.8. The van der Waals surface area contributed by atoms with Crippen LogP contribution in [0.1, 0.15) is 52.7 Å². The van der Waals surface area contributed by atoms with Gasteiger partial charge < -0.3 is 4.98 Å². The highest BCUT2D eigenvalue weighted by atomic mass is 14.8. The van der Waals surface area contributed by atoms with Gasteiger partial charge in [-0.05, 0) is 127 Å². The first-order chi connectivity index (χ1) is 30.4. The predicted molar refractivity (Wildman–Crippen MR) is 264 cm³/mol. The van der Waals surface area contributed by atoms with Gasteiger partial charge in [0.1, 0.15) is 0 Å². The van der Waals surface area contributed by atoms with E-state index in [9.17, 15) is 0 Å². The van der Waals surface area contributed by atoms with Crippen LogP contribution in [0, 0.1) is 0 Å². The van der Waals surface area contributed by atoms with Crippen LogP contribution in [-0.2, 0) is 10.8 Å². The molecule has 0 aliphatic carbocycles. The number of pyridine rings is 3. The Balaban J connectivity index is 1.21. The lowest BCUT2D eigenvalue weighted by Crippen LogP contribution is -2.11. The van der Waals surface area contributed by atoms with E-state index in [1.165, 1.54) is 44.2 Å². The fourth-order valence-corrected chi connectivity index (χ4v) is 9.00. The lowest BCUT2D eigenvalue weighted by atomic mass is 9.83. The lowest BCUT2D eigenvalue weighted by molar-refractivity contribution is 0.590. The summed E-state index contributed by atoms with van der Waals surface area (Å²) >= 11 is 0. The van der Waals surface area contributed by atoms with Gasteiger partial charge in [-0.15, -0.1) is 0 Å². The van der Waals surface area contributed by atoms with Crippen LogP contribution in [0.25, 0.3) is 112 Å². The summed E-state index contributed by atoms with van der Waals surface area (Å²) in [4.78, 5) is 20.4. The molecule has 0 atom stereocenters. The molecule has 1 aliphatic heterocycles. The molecule has 0 saturated heterocycles. The molecule has 63 heavy (non-hydrogen) atoms. The van der Waals surface area contributed by atoms with E-state index >= 15 is 0 Å². The Hall–Kier alpha value is -7.43. The highest BCUT2D eigenvalue weighted by Crippen LogP contribution is 2.44. The number of benzene rings is 6. The average Bonchev–Trinajstić information content (AvgIpc) is 3.69. The second-order valence-corrected chi connectivity index (χ2v) is 19.1. The smallest absolute Gasteiger partial charge is 0.0900 e. The largest absolute Gasteiger partial charge is 0.353 e. The molecule has 11 rings (SSSR count). The van der Waals surface area contributed by atoms with Crippen LogP contribution >= 0.6 is 0 Å². The second-order valence-electron chi connectivity index (χ2n) is 19.1. The molecule has 4 heteroatoms. The summed E-state index contributed by atoms with van der Waals surface area (Å²) in [6.45, 7) is 13.8. The summed E-state index contributed by atoms with van der Waals surface area (Å²) in [5.74, 6) is 0. The molecule has 4 nitrogen and oxygen atoms in total. The van der Waals surface area contributed by atoms with Gasteiger partial charge in [0.25, 0.3) is 0 Å². The van der Waals surface area contributed by atoms with E-state index in [0.29, 0.717) is 0 Å². The molecule has 5 heterocycles. The number of fused-ring (bicyclic) bond motifs is 11. The molecule has 0 fully saturated rings. The molecule has 1 aliphatic rings. The lowest BCUT2D eigenvalue weighted by Gasteiger charge is -2.22. The maximum Gasteiger partial charge on any atom is 0.0900 e. The Morgan fingerprint density at radius 3 is 1.02 bits per heavy atom. The monoisotopic (exact) mass is 812 g/mol. The Kier molecular flexibility index (Phi) is 8.92. The van der Waals surface area contributed by atoms with Crippen molar-refractivity contribution in [1.82, 2.24) is 19.9 Å². The summed E-state index contributed by atoms with van der Waals surface area (Å²) in [5.41, 5.74) is 20.7. The Bertz CT molecular complexity index is 3140. The molecular weight excluding hydrogens is 765 g/mol. The molecule has 304 valence electrons. The first-order valence-corrected chi connectivity index (χ1v) is 21.9. The molecule has 0 radical (unpaired) electrons. The number of aromatic amines is 1. The quantitative estimate of drug-likeness (QED) is 0.193. The zero-order valence-corrected chi connectivity index (χ0v) is 36.6. The molecule has 6 aromatic carbocycles. The van der Waals surface area contributed by atoms with E-state index in [1.54, 1.807) is 0 Å². The minimum Gasteiger partial charge on any atom is -0.353 e. The molecular formula is C59H48N4. The van der Waals surface area contributed by atoms with Crippen molar-refractivity contribution >= 4 is 21.8 Å². The van der Waals surface area contributed by atoms with Crippen LogP contribution in [0.15, 0.2) is 176 Å². The summed E-state index contributed by atoms with van der Waals surface area (Å²) in [5, 5.41) is 2.37. The fraction of sp³-hybridized carbons (Fsp3) is 0.136. The normalized spacial score (nSPS) is 12.3. The highest BCUT2D eigenvalue weighted by molar-refractivity contribution is 6.16. The molecule has 0 unspecified atom stereocenters. The van der Waals surface area contributed by atoms with Gasteiger partial charge in [0.2, 0.25) is 0 Å². The molecule has 0 spiro atoms. The Morgan fingerprint density at radius 2 is 0.635 bits per heavy atom. The molecule has 1 N–H and O–H groups in total. The first-order valence-electron chi connectivity index (χ1n) is 21.9.